The molecular weight excluding hydrogens is 190 g/mol. The van der Waals surface area contributed by atoms with Gasteiger partial charge in [-0.3, -0.25) is 0 Å². The van der Waals surface area contributed by atoms with Crippen LogP contribution in [0.4, 0.5) is 0 Å². The summed E-state index contributed by atoms with van der Waals surface area (Å²) >= 11 is 0. The number of hydrogen-bond acceptors (Lipinski definition) is 3. The molecule has 1 aliphatic carbocycles. The summed E-state index contributed by atoms with van der Waals surface area (Å²) in [5.41, 5.74) is 0. The molecule has 3 heteroatoms. The van der Waals surface area contributed by atoms with Crippen molar-refractivity contribution < 1.29 is 9.84 Å². The van der Waals surface area contributed by atoms with E-state index in [1.54, 1.807) is 0 Å². The minimum atomic E-state index is -0.0977. The number of aliphatic hydroxyl groups excluding tert-OH is 1. The fourth-order valence-electron chi connectivity index (χ4n) is 2.93. The number of hydrogen-bond donors (Lipinski definition) is 1. The first kappa shape index (κ1) is 11.4. The Morgan fingerprint density at radius 3 is 2.73 bits per heavy atom. The maximum atomic E-state index is 9.82. The van der Waals surface area contributed by atoms with Gasteiger partial charge in [-0.25, -0.2) is 0 Å². The molecule has 1 heterocycles. The van der Waals surface area contributed by atoms with Gasteiger partial charge in [-0.05, 0) is 45.1 Å². The van der Waals surface area contributed by atoms with E-state index in [-0.39, 0.29) is 6.10 Å². The summed E-state index contributed by atoms with van der Waals surface area (Å²) < 4.78 is 5.48. The second kappa shape index (κ2) is 5.28. The van der Waals surface area contributed by atoms with Gasteiger partial charge < -0.3 is 14.7 Å². The molecule has 3 unspecified atom stereocenters. The molecule has 0 radical (unpaired) electrons. The highest BCUT2D eigenvalue weighted by molar-refractivity contribution is 4.84. The van der Waals surface area contributed by atoms with Crippen LogP contribution in [0.15, 0.2) is 0 Å². The summed E-state index contributed by atoms with van der Waals surface area (Å²) in [4.78, 5) is 2.34. The third kappa shape index (κ3) is 2.92. The number of rotatable bonds is 3. The Labute approximate surface area is 92.4 Å². The van der Waals surface area contributed by atoms with Gasteiger partial charge in [-0.1, -0.05) is 0 Å². The molecular formula is C12H23NO2. The van der Waals surface area contributed by atoms with Gasteiger partial charge in [0.1, 0.15) is 0 Å². The van der Waals surface area contributed by atoms with Crippen molar-refractivity contribution in [3.8, 4) is 0 Å². The van der Waals surface area contributed by atoms with Gasteiger partial charge in [0.2, 0.25) is 0 Å². The first-order valence-corrected chi connectivity index (χ1v) is 6.23. The number of ether oxygens (including phenoxy) is 1. The van der Waals surface area contributed by atoms with E-state index in [9.17, 15) is 5.11 Å². The van der Waals surface area contributed by atoms with Crippen LogP contribution in [0.2, 0.25) is 0 Å². The Kier molecular flexibility index (Phi) is 4.00. The van der Waals surface area contributed by atoms with E-state index in [1.807, 2.05) is 0 Å². The van der Waals surface area contributed by atoms with Crippen molar-refractivity contribution in [1.82, 2.24) is 4.90 Å². The van der Waals surface area contributed by atoms with Crippen molar-refractivity contribution >= 4 is 0 Å². The van der Waals surface area contributed by atoms with Gasteiger partial charge in [0.25, 0.3) is 0 Å². The lowest BCUT2D eigenvalue weighted by atomic mass is 10.0. The Balaban J connectivity index is 1.77. The van der Waals surface area contributed by atoms with Crippen molar-refractivity contribution in [3.63, 3.8) is 0 Å². The van der Waals surface area contributed by atoms with E-state index in [0.29, 0.717) is 12.0 Å². The minimum Gasteiger partial charge on any atom is -0.391 e. The van der Waals surface area contributed by atoms with Crippen LogP contribution in [0.25, 0.3) is 0 Å². The van der Waals surface area contributed by atoms with Crippen LogP contribution < -0.4 is 0 Å². The zero-order chi connectivity index (χ0) is 10.7. The quantitative estimate of drug-likeness (QED) is 0.766. The summed E-state index contributed by atoms with van der Waals surface area (Å²) in [6.07, 6.45) is 5.71. The second-order valence-electron chi connectivity index (χ2n) is 5.09. The van der Waals surface area contributed by atoms with Gasteiger partial charge in [0, 0.05) is 19.2 Å². The van der Waals surface area contributed by atoms with Crippen molar-refractivity contribution in [1.29, 1.82) is 0 Å². The molecule has 2 rings (SSSR count). The van der Waals surface area contributed by atoms with Crippen molar-refractivity contribution in [2.24, 2.45) is 5.92 Å². The lowest BCUT2D eigenvalue weighted by molar-refractivity contribution is 0.0217. The largest absolute Gasteiger partial charge is 0.391 e. The van der Waals surface area contributed by atoms with Crippen molar-refractivity contribution in [2.75, 3.05) is 26.8 Å². The lowest BCUT2D eigenvalue weighted by Crippen LogP contribution is -2.41. The first-order valence-electron chi connectivity index (χ1n) is 6.23. The molecule has 15 heavy (non-hydrogen) atoms. The SMILES string of the molecule is CN(CC1CCCOC1)C1CCCC1O. The molecule has 88 valence electrons. The van der Waals surface area contributed by atoms with Gasteiger partial charge in [-0.2, -0.15) is 0 Å². The Bertz CT molecular complexity index is 192. The molecule has 0 aromatic carbocycles. The molecule has 0 aromatic rings. The predicted octanol–water partition coefficient (Wildman–Crippen LogP) is 1.26. The van der Waals surface area contributed by atoms with Crippen LogP contribution in [0.1, 0.15) is 32.1 Å². The lowest BCUT2D eigenvalue weighted by Gasteiger charge is -2.32. The highest BCUT2D eigenvalue weighted by atomic mass is 16.5. The molecule has 3 nitrogen and oxygen atoms in total. The van der Waals surface area contributed by atoms with Crippen molar-refractivity contribution in [3.05, 3.63) is 0 Å². The average molecular weight is 213 g/mol. The maximum Gasteiger partial charge on any atom is 0.0695 e. The third-order valence-electron chi connectivity index (χ3n) is 3.81. The van der Waals surface area contributed by atoms with E-state index < -0.39 is 0 Å². The number of nitrogens with zero attached hydrogens (tertiary/aromatic N) is 1. The molecule has 0 amide bonds. The molecule has 1 N–H and O–H groups in total. The average Bonchev–Trinajstić information content (AvgIpc) is 2.66. The predicted molar refractivity (Wildman–Crippen MR) is 59.8 cm³/mol. The summed E-state index contributed by atoms with van der Waals surface area (Å²) in [5, 5.41) is 9.82. The minimum absolute atomic E-state index is 0.0977. The van der Waals surface area contributed by atoms with E-state index in [4.69, 9.17) is 4.74 Å². The smallest absolute Gasteiger partial charge is 0.0695 e. The highest BCUT2D eigenvalue weighted by Crippen LogP contribution is 2.25. The van der Waals surface area contributed by atoms with Gasteiger partial charge in [0.15, 0.2) is 0 Å². The van der Waals surface area contributed by atoms with Crippen LogP contribution >= 0.6 is 0 Å². The Hall–Kier alpha value is -0.120. The third-order valence-corrected chi connectivity index (χ3v) is 3.81. The summed E-state index contributed by atoms with van der Waals surface area (Å²) in [6.45, 7) is 2.93. The molecule has 2 fully saturated rings. The Morgan fingerprint density at radius 1 is 1.27 bits per heavy atom. The fraction of sp³-hybridized carbons (Fsp3) is 1.00. The summed E-state index contributed by atoms with van der Waals surface area (Å²) in [7, 11) is 2.15. The fourth-order valence-corrected chi connectivity index (χ4v) is 2.93. The van der Waals surface area contributed by atoms with Gasteiger partial charge >= 0.3 is 0 Å². The van der Waals surface area contributed by atoms with E-state index in [1.165, 1.54) is 19.3 Å². The van der Waals surface area contributed by atoms with Crippen molar-refractivity contribution in [2.45, 2.75) is 44.2 Å². The monoisotopic (exact) mass is 213 g/mol. The van der Waals surface area contributed by atoms with Crippen LogP contribution in [0.5, 0.6) is 0 Å². The second-order valence-corrected chi connectivity index (χ2v) is 5.09. The molecule has 1 saturated heterocycles. The molecule has 0 spiro atoms. The number of likely N-dealkylation sites (N-methyl/N-ethyl adjacent to an activating group) is 1. The van der Waals surface area contributed by atoms with Crippen LogP contribution in [-0.2, 0) is 4.74 Å². The molecule has 2 aliphatic rings. The van der Waals surface area contributed by atoms with E-state index in [0.717, 1.165) is 32.6 Å². The van der Waals surface area contributed by atoms with Gasteiger partial charge in [0.05, 0.1) is 12.7 Å². The first-order chi connectivity index (χ1) is 7.27. The standard InChI is InChI=1S/C12H23NO2/c1-13(11-5-2-6-12(11)14)8-10-4-3-7-15-9-10/h10-12,14H,2-9H2,1H3. The highest BCUT2D eigenvalue weighted by Gasteiger charge is 2.30. The van der Waals surface area contributed by atoms with Crippen LogP contribution in [-0.4, -0.2) is 49.0 Å². The van der Waals surface area contributed by atoms with Gasteiger partial charge in [-0.15, -0.1) is 0 Å². The maximum absolute atomic E-state index is 9.82. The van der Waals surface area contributed by atoms with Crippen LogP contribution in [0, 0.1) is 5.92 Å². The molecule has 0 aromatic heterocycles. The number of aliphatic hydroxyl groups is 1. The summed E-state index contributed by atoms with van der Waals surface area (Å²) in [5.74, 6) is 0.677. The van der Waals surface area contributed by atoms with E-state index >= 15 is 0 Å². The van der Waals surface area contributed by atoms with E-state index in [2.05, 4.69) is 11.9 Å². The topological polar surface area (TPSA) is 32.7 Å². The van der Waals surface area contributed by atoms with Crippen LogP contribution in [0.3, 0.4) is 0 Å². The normalized spacial score (nSPS) is 37.4. The molecule has 1 saturated carbocycles. The molecule has 1 aliphatic heterocycles. The zero-order valence-electron chi connectivity index (χ0n) is 9.69. The Morgan fingerprint density at radius 2 is 2.13 bits per heavy atom. The molecule has 0 bridgehead atoms. The summed E-state index contributed by atoms with van der Waals surface area (Å²) in [6, 6.07) is 0.395. The zero-order valence-corrected chi connectivity index (χ0v) is 9.69. The molecule has 3 atom stereocenters.